The Morgan fingerprint density at radius 3 is 2.62 bits per heavy atom. The number of imidazole rings is 1. The van der Waals surface area contributed by atoms with Crippen LogP contribution >= 0.6 is 11.8 Å². The molecule has 0 radical (unpaired) electrons. The fourth-order valence-corrected chi connectivity index (χ4v) is 5.94. The highest BCUT2D eigenvalue weighted by atomic mass is 32.2. The Hall–Kier alpha value is -2.62. The fraction of sp³-hybridized carbons (Fsp3) is 0.304. The van der Waals surface area contributed by atoms with Gasteiger partial charge in [0.05, 0.1) is 10.6 Å². The zero-order chi connectivity index (χ0) is 22.7. The van der Waals surface area contributed by atoms with Crippen LogP contribution in [0.2, 0.25) is 0 Å². The van der Waals surface area contributed by atoms with E-state index in [1.807, 2.05) is 16.8 Å². The highest BCUT2D eigenvalue weighted by Crippen LogP contribution is 2.25. The molecule has 1 aliphatic heterocycles. The smallest absolute Gasteiger partial charge is 0.243 e. The summed E-state index contributed by atoms with van der Waals surface area (Å²) in [5.41, 5.74) is 3.87. The van der Waals surface area contributed by atoms with Crippen LogP contribution in [0.15, 0.2) is 64.9 Å². The third-order valence-corrected chi connectivity index (χ3v) is 8.39. The van der Waals surface area contributed by atoms with Crippen molar-refractivity contribution in [3.8, 4) is 5.69 Å². The molecule has 2 heterocycles. The van der Waals surface area contributed by atoms with Crippen molar-refractivity contribution in [3.63, 3.8) is 0 Å². The van der Waals surface area contributed by atoms with Crippen LogP contribution in [0.3, 0.4) is 0 Å². The molecule has 7 nitrogen and oxygen atoms in total. The number of hydrogen-bond acceptors (Lipinski definition) is 5. The summed E-state index contributed by atoms with van der Waals surface area (Å²) in [6, 6.07) is 12.6. The minimum absolute atomic E-state index is 0.158. The molecule has 0 unspecified atom stereocenters. The van der Waals surface area contributed by atoms with E-state index in [-0.39, 0.29) is 16.6 Å². The first kappa shape index (κ1) is 22.6. The highest BCUT2D eigenvalue weighted by molar-refractivity contribution is 7.99. The number of nitrogens with zero attached hydrogens (tertiary/aromatic N) is 3. The van der Waals surface area contributed by atoms with Crippen molar-refractivity contribution in [2.75, 3.05) is 24.2 Å². The van der Waals surface area contributed by atoms with Crippen molar-refractivity contribution in [2.45, 2.75) is 36.7 Å². The molecule has 168 valence electrons. The van der Waals surface area contributed by atoms with E-state index in [0.29, 0.717) is 23.9 Å². The standard InChI is InChI=1S/C23H26N4O3S2/c1-17-8-9-20(14-18(17)2)27-13-10-24-23(27)31-16-22(28)25-19-6-5-7-21(15-19)32(29,30)26-11-3-4-12-26/h5-10,13-15H,3-4,11-12,16H2,1-2H3,(H,25,28). The first-order valence-electron chi connectivity index (χ1n) is 10.5. The molecule has 4 rings (SSSR count). The van der Waals surface area contributed by atoms with Gasteiger partial charge in [-0.2, -0.15) is 4.31 Å². The maximum atomic E-state index is 12.8. The molecule has 1 fully saturated rings. The molecule has 0 aliphatic carbocycles. The van der Waals surface area contributed by atoms with Gasteiger partial charge in [-0.25, -0.2) is 13.4 Å². The Labute approximate surface area is 192 Å². The van der Waals surface area contributed by atoms with E-state index in [0.717, 1.165) is 18.5 Å². The van der Waals surface area contributed by atoms with Gasteiger partial charge in [-0.15, -0.1) is 0 Å². The Balaban J connectivity index is 1.41. The number of aryl methyl sites for hydroxylation is 2. The number of nitrogens with one attached hydrogen (secondary N) is 1. The number of anilines is 1. The molecule has 1 aromatic heterocycles. The lowest BCUT2D eigenvalue weighted by atomic mass is 10.1. The second kappa shape index (κ2) is 9.48. The predicted octanol–water partition coefficient (Wildman–Crippen LogP) is 4.00. The minimum Gasteiger partial charge on any atom is -0.325 e. The highest BCUT2D eigenvalue weighted by Gasteiger charge is 2.27. The molecule has 9 heteroatoms. The molecule has 2 aromatic carbocycles. The number of carbonyl (C=O) groups is 1. The summed E-state index contributed by atoms with van der Waals surface area (Å²) in [4.78, 5) is 17.1. The number of hydrogen-bond donors (Lipinski definition) is 1. The van der Waals surface area contributed by atoms with Crippen molar-refractivity contribution >= 4 is 33.4 Å². The molecular formula is C23H26N4O3S2. The SMILES string of the molecule is Cc1ccc(-n2ccnc2SCC(=O)Nc2cccc(S(=O)(=O)N3CCCC3)c2)cc1C. The van der Waals surface area contributed by atoms with Gasteiger partial charge in [0.25, 0.3) is 0 Å². The average Bonchev–Trinajstić information content (AvgIpc) is 3.47. The maximum Gasteiger partial charge on any atom is 0.243 e. The lowest BCUT2D eigenvalue weighted by Gasteiger charge is -2.16. The number of carbonyl (C=O) groups excluding carboxylic acids is 1. The van der Waals surface area contributed by atoms with E-state index in [2.05, 4.69) is 36.3 Å². The summed E-state index contributed by atoms with van der Waals surface area (Å²) in [7, 11) is -3.52. The number of rotatable bonds is 7. The molecule has 1 saturated heterocycles. The number of sulfonamides is 1. The van der Waals surface area contributed by atoms with Gasteiger partial charge in [0.15, 0.2) is 5.16 Å². The van der Waals surface area contributed by atoms with Crippen LogP contribution in [0, 0.1) is 13.8 Å². The van der Waals surface area contributed by atoms with E-state index >= 15 is 0 Å². The zero-order valence-electron chi connectivity index (χ0n) is 18.1. The van der Waals surface area contributed by atoms with Crippen LogP contribution in [0.25, 0.3) is 5.69 Å². The van der Waals surface area contributed by atoms with Gasteiger partial charge < -0.3 is 5.32 Å². The lowest BCUT2D eigenvalue weighted by Crippen LogP contribution is -2.28. The largest absolute Gasteiger partial charge is 0.325 e. The Morgan fingerprint density at radius 1 is 1.09 bits per heavy atom. The van der Waals surface area contributed by atoms with Gasteiger partial charge in [-0.1, -0.05) is 23.9 Å². The molecule has 1 N–H and O–H groups in total. The third-order valence-electron chi connectivity index (χ3n) is 5.53. The summed E-state index contributed by atoms with van der Waals surface area (Å²) in [5.74, 6) is -0.0642. The molecule has 0 saturated carbocycles. The van der Waals surface area contributed by atoms with Crippen molar-refractivity contribution in [1.82, 2.24) is 13.9 Å². The van der Waals surface area contributed by atoms with E-state index in [1.165, 1.54) is 33.3 Å². The second-order valence-corrected chi connectivity index (χ2v) is 10.7. The molecule has 32 heavy (non-hydrogen) atoms. The van der Waals surface area contributed by atoms with Crippen molar-refractivity contribution in [3.05, 3.63) is 66.0 Å². The minimum atomic E-state index is -3.52. The first-order chi connectivity index (χ1) is 15.3. The molecule has 1 aliphatic rings. The van der Waals surface area contributed by atoms with Crippen LogP contribution in [0.5, 0.6) is 0 Å². The van der Waals surface area contributed by atoms with Gasteiger partial charge >= 0.3 is 0 Å². The third kappa shape index (κ3) is 4.90. The molecule has 3 aromatic rings. The lowest BCUT2D eigenvalue weighted by molar-refractivity contribution is -0.113. The van der Waals surface area contributed by atoms with Crippen LogP contribution in [-0.4, -0.2) is 47.0 Å². The van der Waals surface area contributed by atoms with Gasteiger partial charge in [0.1, 0.15) is 0 Å². The number of amides is 1. The normalized spacial score (nSPS) is 14.6. The second-order valence-electron chi connectivity index (χ2n) is 7.82. The van der Waals surface area contributed by atoms with E-state index < -0.39 is 10.0 Å². The summed E-state index contributed by atoms with van der Waals surface area (Å²) in [6.07, 6.45) is 5.34. The summed E-state index contributed by atoms with van der Waals surface area (Å²) in [6.45, 7) is 5.22. The molecule has 1 amide bonds. The van der Waals surface area contributed by atoms with E-state index in [1.54, 1.807) is 24.4 Å². The number of aromatic nitrogens is 2. The summed E-state index contributed by atoms with van der Waals surface area (Å²) >= 11 is 1.33. The molecule has 0 atom stereocenters. The topological polar surface area (TPSA) is 84.3 Å². The fourth-order valence-electron chi connectivity index (χ4n) is 3.61. The van der Waals surface area contributed by atoms with Gasteiger partial charge in [-0.05, 0) is 68.1 Å². The van der Waals surface area contributed by atoms with Gasteiger partial charge in [0.2, 0.25) is 15.9 Å². The van der Waals surface area contributed by atoms with Crippen LogP contribution in [0.1, 0.15) is 24.0 Å². The van der Waals surface area contributed by atoms with E-state index in [9.17, 15) is 13.2 Å². The predicted molar refractivity (Wildman–Crippen MR) is 127 cm³/mol. The van der Waals surface area contributed by atoms with Gasteiger partial charge in [0, 0.05) is 36.9 Å². The Morgan fingerprint density at radius 2 is 1.88 bits per heavy atom. The van der Waals surface area contributed by atoms with E-state index in [4.69, 9.17) is 0 Å². The van der Waals surface area contributed by atoms with Crippen LogP contribution in [-0.2, 0) is 14.8 Å². The Bertz CT molecular complexity index is 1230. The summed E-state index contributed by atoms with van der Waals surface area (Å²) < 4.78 is 29.0. The van der Waals surface area contributed by atoms with Gasteiger partial charge in [-0.3, -0.25) is 9.36 Å². The van der Waals surface area contributed by atoms with Crippen molar-refractivity contribution < 1.29 is 13.2 Å². The average molecular weight is 471 g/mol. The van der Waals surface area contributed by atoms with Crippen LogP contribution in [0.4, 0.5) is 5.69 Å². The summed E-state index contributed by atoms with van der Waals surface area (Å²) in [5, 5.41) is 3.52. The number of benzene rings is 2. The molecule has 0 spiro atoms. The Kier molecular flexibility index (Phi) is 6.68. The van der Waals surface area contributed by atoms with Crippen molar-refractivity contribution in [1.29, 1.82) is 0 Å². The molecular weight excluding hydrogens is 444 g/mol. The van der Waals surface area contributed by atoms with Crippen LogP contribution < -0.4 is 5.32 Å². The zero-order valence-corrected chi connectivity index (χ0v) is 19.7. The first-order valence-corrected chi connectivity index (χ1v) is 12.9. The monoisotopic (exact) mass is 470 g/mol. The quantitative estimate of drug-likeness (QED) is 0.528. The molecule has 0 bridgehead atoms. The van der Waals surface area contributed by atoms with Crippen molar-refractivity contribution in [2.24, 2.45) is 0 Å². The number of thioether (sulfide) groups is 1. The maximum absolute atomic E-state index is 12.8.